The molecule has 0 saturated carbocycles. The number of nitrogens with one attached hydrogen (secondary N) is 2. The van der Waals surface area contributed by atoms with Crippen LogP contribution in [0, 0.1) is 5.82 Å². The van der Waals surface area contributed by atoms with Crippen LogP contribution in [-0.2, 0) is 6.54 Å². The standard InChI is InChI=1S/C18H26F4N4O.HI/c1-3-23-17(25-14-7-8-26(11-14)12-18(20,21)22)24-10-13-5-6-16(27-4-2)15(19)9-13;/h5-6,9,14H,3-4,7-8,10-12H2,1-2H3,(H2,23,24,25);1H. The highest BCUT2D eigenvalue weighted by Crippen LogP contribution is 2.20. The second-order valence-corrected chi connectivity index (χ2v) is 6.37. The molecule has 1 atom stereocenters. The van der Waals surface area contributed by atoms with Crippen molar-refractivity contribution in [3.63, 3.8) is 0 Å². The van der Waals surface area contributed by atoms with Crippen LogP contribution in [0.4, 0.5) is 17.6 Å². The summed E-state index contributed by atoms with van der Waals surface area (Å²) in [4.78, 5) is 5.79. The highest BCUT2D eigenvalue weighted by atomic mass is 127. The topological polar surface area (TPSA) is 48.9 Å². The van der Waals surface area contributed by atoms with Gasteiger partial charge in [-0.05, 0) is 38.0 Å². The molecule has 1 aromatic carbocycles. The smallest absolute Gasteiger partial charge is 0.401 e. The largest absolute Gasteiger partial charge is 0.491 e. The summed E-state index contributed by atoms with van der Waals surface area (Å²) in [5.41, 5.74) is 0.679. The number of benzene rings is 1. The molecule has 0 bridgehead atoms. The normalized spacial score (nSPS) is 17.9. The molecule has 5 nitrogen and oxygen atoms in total. The van der Waals surface area contributed by atoms with Crippen molar-refractivity contribution < 1.29 is 22.3 Å². The molecule has 28 heavy (non-hydrogen) atoms. The van der Waals surface area contributed by atoms with Gasteiger partial charge in [0.1, 0.15) is 0 Å². The lowest BCUT2D eigenvalue weighted by molar-refractivity contribution is -0.143. The number of ether oxygens (including phenoxy) is 1. The van der Waals surface area contributed by atoms with Crippen molar-refractivity contribution >= 4 is 29.9 Å². The van der Waals surface area contributed by atoms with Gasteiger partial charge in [0.25, 0.3) is 0 Å². The van der Waals surface area contributed by atoms with Crippen molar-refractivity contribution in [3.05, 3.63) is 29.6 Å². The van der Waals surface area contributed by atoms with Gasteiger partial charge in [-0.15, -0.1) is 24.0 Å². The molecule has 2 N–H and O–H groups in total. The van der Waals surface area contributed by atoms with Gasteiger partial charge < -0.3 is 15.4 Å². The summed E-state index contributed by atoms with van der Waals surface area (Å²) in [6.45, 7) is 4.73. The van der Waals surface area contributed by atoms with E-state index in [1.165, 1.54) is 11.0 Å². The third-order valence-electron chi connectivity index (χ3n) is 4.08. The van der Waals surface area contributed by atoms with E-state index in [2.05, 4.69) is 15.6 Å². The van der Waals surface area contributed by atoms with Gasteiger partial charge in [0.05, 0.1) is 19.7 Å². The first-order valence-corrected chi connectivity index (χ1v) is 9.06. The van der Waals surface area contributed by atoms with Gasteiger partial charge in [-0.2, -0.15) is 13.2 Å². The minimum absolute atomic E-state index is 0. The van der Waals surface area contributed by atoms with Crippen LogP contribution < -0.4 is 15.4 Å². The van der Waals surface area contributed by atoms with Crippen molar-refractivity contribution in [2.45, 2.75) is 39.0 Å². The van der Waals surface area contributed by atoms with Crippen LogP contribution in [-0.4, -0.2) is 55.9 Å². The molecule has 0 amide bonds. The Morgan fingerprint density at radius 3 is 2.68 bits per heavy atom. The lowest BCUT2D eigenvalue weighted by atomic mass is 10.2. The van der Waals surface area contributed by atoms with Crippen LogP contribution in [0.1, 0.15) is 25.8 Å². The van der Waals surface area contributed by atoms with Crippen molar-refractivity contribution in [3.8, 4) is 5.75 Å². The minimum atomic E-state index is -4.19. The third-order valence-corrected chi connectivity index (χ3v) is 4.08. The molecule has 1 saturated heterocycles. The fraction of sp³-hybridized carbons (Fsp3) is 0.611. The first kappa shape index (κ1) is 24.7. The predicted octanol–water partition coefficient (Wildman–Crippen LogP) is 3.53. The van der Waals surface area contributed by atoms with Gasteiger partial charge in [-0.3, -0.25) is 4.90 Å². The van der Waals surface area contributed by atoms with E-state index >= 15 is 0 Å². The Kier molecular flexibility index (Phi) is 10.3. The number of rotatable bonds is 7. The third kappa shape index (κ3) is 8.38. The van der Waals surface area contributed by atoms with Gasteiger partial charge in [0, 0.05) is 25.7 Å². The predicted molar refractivity (Wildman–Crippen MR) is 112 cm³/mol. The van der Waals surface area contributed by atoms with Gasteiger partial charge >= 0.3 is 6.18 Å². The molecule has 2 rings (SSSR count). The van der Waals surface area contributed by atoms with Gasteiger partial charge in [0.2, 0.25) is 0 Å². The molecule has 160 valence electrons. The molecule has 0 spiro atoms. The summed E-state index contributed by atoms with van der Waals surface area (Å²) in [5.74, 6) is 0.262. The Morgan fingerprint density at radius 2 is 2.07 bits per heavy atom. The molecule has 1 aromatic rings. The summed E-state index contributed by atoms with van der Waals surface area (Å²) in [6, 6.07) is 4.57. The summed E-state index contributed by atoms with van der Waals surface area (Å²) in [6.07, 6.45) is -3.58. The lowest BCUT2D eigenvalue weighted by Crippen LogP contribution is -2.45. The first-order valence-electron chi connectivity index (χ1n) is 9.06. The maximum atomic E-state index is 13.9. The number of halogens is 5. The van der Waals surface area contributed by atoms with Crippen molar-refractivity contribution in [2.24, 2.45) is 4.99 Å². The van der Waals surface area contributed by atoms with Gasteiger partial charge in [-0.1, -0.05) is 6.07 Å². The minimum Gasteiger partial charge on any atom is -0.491 e. The molecule has 1 aliphatic rings. The van der Waals surface area contributed by atoms with E-state index in [1.807, 2.05) is 6.92 Å². The molecule has 1 unspecified atom stereocenters. The zero-order valence-electron chi connectivity index (χ0n) is 16.0. The quantitative estimate of drug-likeness (QED) is 0.251. The Balaban J connectivity index is 0.00000392. The average Bonchev–Trinajstić information content (AvgIpc) is 3.00. The number of hydrogen-bond acceptors (Lipinski definition) is 3. The van der Waals surface area contributed by atoms with Gasteiger partial charge in [-0.25, -0.2) is 9.38 Å². The number of likely N-dealkylation sites (tertiary alicyclic amines) is 1. The van der Waals surface area contributed by atoms with E-state index in [9.17, 15) is 17.6 Å². The Morgan fingerprint density at radius 1 is 1.32 bits per heavy atom. The van der Waals surface area contributed by atoms with Crippen LogP contribution >= 0.6 is 24.0 Å². The van der Waals surface area contributed by atoms with E-state index in [0.29, 0.717) is 44.2 Å². The van der Waals surface area contributed by atoms with Crippen LogP contribution in [0.15, 0.2) is 23.2 Å². The lowest BCUT2D eigenvalue weighted by Gasteiger charge is -2.19. The number of hydrogen-bond donors (Lipinski definition) is 2. The van der Waals surface area contributed by atoms with E-state index in [0.717, 1.165) is 0 Å². The zero-order chi connectivity index (χ0) is 19.9. The molecule has 0 radical (unpaired) electrons. The highest BCUT2D eigenvalue weighted by molar-refractivity contribution is 14.0. The Hall–Kier alpha value is -1.30. The maximum absolute atomic E-state index is 13.9. The van der Waals surface area contributed by atoms with Crippen LogP contribution in [0.2, 0.25) is 0 Å². The maximum Gasteiger partial charge on any atom is 0.401 e. The number of guanidine groups is 1. The Bertz CT molecular complexity index is 643. The van der Waals surface area contributed by atoms with Crippen LogP contribution in [0.25, 0.3) is 0 Å². The van der Waals surface area contributed by atoms with Crippen molar-refractivity contribution in [1.82, 2.24) is 15.5 Å². The van der Waals surface area contributed by atoms with E-state index in [4.69, 9.17) is 4.74 Å². The summed E-state index contributed by atoms with van der Waals surface area (Å²) < 4.78 is 56.6. The van der Waals surface area contributed by atoms with Crippen molar-refractivity contribution in [1.29, 1.82) is 0 Å². The van der Waals surface area contributed by atoms with Gasteiger partial charge in [0.15, 0.2) is 17.5 Å². The molecule has 1 aliphatic heterocycles. The molecule has 10 heteroatoms. The molecule has 1 fully saturated rings. The number of alkyl halides is 3. The fourth-order valence-corrected chi connectivity index (χ4v) is 2.95. The summed E-state index contributed by atoms with van der Waals surface area (Å²) in [5, 5.41) is 6.23. The molecular weight excluding hydrogens is 491 g/mol. The van der Waals surface area contributed by atoms with Crippen molar-refractivity contribution in [2.75, 3.05) is 32.8 Å². The van der Waals surface area contributed by atoms with E-state index in [1.54, 1.807) is 19.1 Å². The molecular formula is C18H27F4IN4O. The van der Waals surface area contributed by atoms with E-state index in [-0.39, 0.29) is 42.3 Å². The SMILES string of the molecule is CCNC(=NCc1ccc(OCC)c(F)c1)NC1CCN(CC(F)(F)F)C1.I. The second-order valence-electron chi connectivity index (χ2n) is 6.37. The molecule has 1 heterocycles. The molecule has 0 aliphatic carbocycles. The molecule has 0 aromatic heterocycles. The van der Waals surface area contributed by atoms with Crippen LogP contribution in [0.5, 0.6) is 5.75 Å². The second kappa shape index (κ2) is 11.6. The fourth-order valence-electron chi connectivity index (χ4n) is 2.95. The summed E-state index contributed by atoms with van der Waals surface area (Å²) >= 11 is 0. The summed E-state index contributed by atoms with van der Waals surface area (Å²) in [7, 11) is 0. The number of aliphatic imine (C=N–C) groups is 1. The Labute approximate surface area is 179 Å². The first-order chi connectivity index (χ1) is 12.8. The number of nitrogens with zero attached hydrogens (tertiary/aromatic N) is 2. The monoisotopic (exact) mass is 518 g/mol. The zero-order valence-corrected chi connectivity index (χ0v) is 18.3. The van der Waals surface area contributed by atoms with E-state index < -0.39 is 18.5 Å². The highest BCUT2D eigenvalue weighted by Gasteiger charge is 2.34. The average molecular weight is 518 g/mol. The van der Waals surface area contributed by atoms with Crippen LogP contribution in [0.3, 0.4) is 0 Å².